The molecule has 0 saturated carbocycles. The summed E-state index contributed by atoms with van der Waals surface area (Å²) >= 11 is 0. The zero-order valence-electron chi connectivity index (χ0n) is 20.1. The van der Waals surface area contributed by atoms with E-state index in [4.69, 9.17) is 4.42 Å². The minimum Gasteiger partial charge on any atom is -0.408 e. The molecule has 0 aliphatic carbocycles. The summed E-state index contributed by atoms with van der Waals surface area (Å²) < 4.78 is 9.54. The molecule has 0 spiro atoms. The number of rotatable bonds is 6. The fourth-order valence-electron chi connectivity index (χ4n) is 4.14. The molecule has 10 heteroatoms. The molecule has 10 nitrogen and oxygen atoms in total. The van der Waals surface area contributed by atoms with E-state index in [0.717, 1.165) is 0 Å². The molecule has 5 aromatic rings. The predicted molar refractivity (Wildman–Crippen MR) is 139 cm³/mol. The van der Waals surface area contributed by atoms with Crippen molar-refractivity contribution in [2.45, 2.75) is 13.5 Å². The zero-order chi connectivity index (χ0) is 26.1. The highest BCUT2D eigenvalue weighted by Crippen LogP contribution is 2.17. The van der Waals surface area contributed by atoms with Gasteiger partial charge in [-0.05, 0) is 49.4 Å². The first-order valence-electron chi connectivity index (χ1n) is 11.5. The first-order chi connectivity index (χ1) is 17.8. The van der Waals surface area contributed by atoms with Crippen LogP contribution in [0.15, 0.2) is 92.9 Å². The summed E-state index contributed by atoms with van der Waals surface area (Å²) in [7, 11) is 1.74. The third-order valence-electron chi connectivity index (χ3n) is 6.08. The number of anilines is 2. The Bertz CT molecular complexity index is 1760. The Hall–Kier alpha value is -5.12. The summed E-state index contributed by atoms with van der Waals surface area (Å²) in [4.78, 5) is 50.9. The first-order valence-corrected chi connectivity index (χ1v) is 11.5. The molecule has 0 bridgehead atoms. The van der Waals surface area contributed by atoms with E-state index < -0.39 is 17.6 Å². The smallest absolute Gasteiger partial charge is 0.408 e. The summed E-state index contributed by atoms with van der Waals surface area (Å²) in [5.74, 6) is -1.60. The molecule has 3 aromatic carbocycles. The quantitative estimate of drug-likeness (QED) is 0.373. The van der Waals surface area contributed by atoms with Crippen molar-refractivity contribution in [1.82, 2.24) is 13.9 Å². The molecule has 186 valence electrons. The van der Waals surface area contributed by atoms with Crippen LogP contribution in [0.4, 0.5) is 11.4 Å². The van der Waals surface area contributed by atoms with Gasteiger partial charge in [-0.1, -0.05) is 36.4 Å². The summed E-state index contributed by atoms with van der Waals surface area (Å²) in [5.41, 5.74) is 2.58. The molecule has 0 unspecified atom stereocenters. The van der Waals surface area contributed by atoms with Crippen LogP contribution >= 0.6 is 0 Å². The summed E-state index contributed by atoms with van der Waals surface area (Å²) in [6.45, 7) is 1.49. The second-order valence-corrected chi connectivity index (χ2v) is 8.44. The standard InChI is InChI=1S/C27H23N5O5/c1-17-24(26(35)32(30(17)2)20-11-4-3-5-12-20)29-25(34)18-9-8-10-19(15-18)28-23(33)16-31-21-13-6-7-14-22(21)37-27(31)36/h3-15H,16H2,1-2H3,(H,28,33)(H,29,34). The van der Waals surface area contributed by atoms with Crippen LogP contribution in [-0.2, 0) is 18.4 Å². The van der Waals surface area contributed by atoms with Crippen LogP contribution in [0.1, 0.15) is 16.1 Å². The van der Waals surface area contributed by atoms with Gasteiger partial charge in [0.05, 0.1) is 16.9 Å². The molecule has 2 aromatic heterocycles. The van der Waals surface area contributed by atoms with Crippen molar-refractivity contribution < 1.29 is 14.0 Å². The Kier molecular flexibility index (Phi) is 6.06. The van der Waals surface area contributed by atoms with E-state index >= 15 is 0 Å². The van der Waals surface area contributed by atoms with Gasteiger partial charge in [0, 0.05) is 18.3 Å². The van der Waals surface area contributed by atoms with Gasteiger partial charge in [0.2, 0.25) is 5.91 Å². The van der Waals surface area contributed by atoms with Crippen LogP contribution < -0.4 is 21.9 Å². The Labute approximate surface area is 210 Å². The molecule has 2 heterocycles. The molecule has 37 heavy (non-hydrogen) atoms. The Morgan fingerprint density at radius 3 is 2.41 bits per heavy atom. The molecule has 0 aliphatic rings. The monoisotopic (exact) mass is 497 g/mol. The molecule has 0 atom stereocenters. The number of fused-ring (bicyclic) bond motifs is 1. The number of amides is 2. The van der Waals surface area contributed by atoms with Crippen LogP contribution in [0.25, 0.3) is 16.8 Å². The Morgan fingerprint density at radius 2 is 1.62 bits per heavy atom. The third kappa shape index (κ3) is 4.47. The number of oxazole rings is 1. The van der Waals surface area contributed by atoms with E-state index in [-0.39, 0.29) is 23.4 Å². The highest BCUT2D eigenvalue weighted by molar-refractivity contribution is 6.05. The largest absolute Gasteiger partial charge is 0.420 e. The van der Waals surface area contributed by atoms with Gasteiger partial charge in [-0.25, -0.2) is 9.48 Å². The van der Waals surface area contributed by atoms with Gasteiger partial charge in [0.15, 0.2) is 5.58 Å². The highest BCUT2D eigenvalue weighted by Gasteiger charge is 2.19. The van der Waals surface area contributed by atoms with Crippen molar-refractivity contribution in [3.8, 4) is 5.69 Å². The van der Waals surface area contributed by atoms with Crippen molar-refractivity contribution in [3.05, 3.63) is 111 Å². The van der Waals surface area contributed by atoms with Crippen LogP contribution in [-0.4, -0.2) is 25.7 Å². The molecule has 0 radical (unpaired) electrons. The van der Waals surface area contributed by atoms with Crippen LogP contribution in [0.2, 0.25) is 0 Å². The number of benzene rings is 3. The van der Waals surface area contributed by atoms with Gasteiger partial charge in [-0.2, -0.15) is 0 Å². The van der Waals surface area contributed by atoms with Crippen LogP contribution in [0.5, 0.6) is 0 Å². The average molecular weight is 498 g/mol. The maximum Gasteiger partial charge on any atom is 0.420 e. The van der Waals surface area contributed by atoms with Gasteiger partial charge < -0.3 is 15.1 Å². The Morgan fingerprint density at radius 1 is 0.892 bits per heavy atom. The molecule has 0 saturated heterocycles. The second kappa shape index (κ2) is 9.50. The van der Waals surface area contributed by atoms with Gasteiger partial charge in [0.25, 0.3) is 11.5 Å². The molecule has 2 amide bonds. The number of hydrogen-bond acceptors (Lipinski definition) is 5. The Balaban J connectivity index is 1.34. The third-order valence-corrected chi connectivity index (χ3v) is 6.08. The van der Waals surface area contributed by atoms with Crippen LogP contribution in [0, 0.1) is 6.92 Å². The van der Waals surface area contributed by atoms with Crippen molar-refractivity contribution in [1.29, 1.82) is 0 Å². The van der Waals surface area contributed by atoms with E-state index in [1.54, 1.807) is 73.3 Å². The summed E-state index contributed by atoms with van der Waals surface area (Å²) in [6, 6.07) is 22.3. The molecule has 0 aliphatic heterocycles. The SMILES string of the molecule is Cc1c(NC(=O)c2cccc(NC(=O)Cn3c(=O)oc4ccccc43)c2)c(=O)n(-c2ccccc2)n1C. The van der Waals surface area contributed by atoms with E-state index in [2.05, 4.69) is 10.6 Å². The average Bonchev–Trinajstić information content (AvgIpc) is 3.32. The normalized spacial score (nSPS) is 11.0. The molecule has 0 fully saturated rings. The predicted octanol–water partition coefficient (Wildman–Crippen LogP) is 3.28. The van der Waals surface area contributed by atoms with E-state index in [9.17, 15) is 19.2 Å². The van der Waals surface area contributed by atoms with E-state index in [1.165, 1.54) is 15.3 Å². The highest BCUT2D eigenvalue weighted by atomic mass is 16.4. The minimum absolute atomic E-state index is 0.164. The lowest BCUT2D eigenvalue weighted by atomic mass is 10.2. The number of nitrogens with one attached hydrogen (secondary N) is 2. The molecular formula is C27H23N5O5. The number of hydrogen-bond donors (Lipinski definition) is 2. The van der Waals surface area contributed by atoms with Gasteiger partial charge >= 0.3 is 5.76 Å². The number of para-hydroxylation sites is 3. The fourth-order valence-corrected chi connectivity index (χ4v) is 4.14. The van der Waals surface area contributed by atoms with Crippen molar-refractivity contribution >= 4 is 34.3 Å². The van der Waals surface area contributed by atoms with E-state index in [1.807, 2.05) is 18.2 Å². The molecule has 2 N–H and O–H groups in total. The van der Waals surface area contributed by atoms with Gasteiger partial charge in [0.1, 0.15) is 12.2 Å². The number of aromatic nitrogens is 3. The van der Waals surface area contributed by atoms with Crippen molar-refractivity contribution in [2.75, 3.05) is 10.6 Å². The lowest BCUT2D eigenvalue weighted by molar-refractivity contribution is -0.116. The lowest BCUT2D eigenvalue weighted by Gasteiger charge is -2.08. The second-order valence-electron chi connectivity index (χ2n) is 8.44. The summed E-state index contributed by atoms with van der Waals surface area (Å²) in [5, 5.41) is 5.41. The number of carbonyl (C=O) groups excluding carboxylic acids is 2. The van der Waals surface area contributed by atoms with Crippen molar-refractivity contribution in [2.24, 2.45) is 7.05 Å². The van der Waals surface area contributed by atoms with E-state index in [0.29, 0.717) is 28.2 Å². The maximum absolute atomic E-state index is 13.1. The molecule has 5 rings (SSSR count). The van der Waals surface area contributed by atoms with Crippen LogP contribution in [0.3, 0.4) is 0 Å². The molecular weight excluding hydrogens is 474 g/mol. The zero-order valence-corrected chi connectivity index (χ0v) is 20.1. The van der Waals surface area contributed by atoms with Gasteiger partial charge in [-0.3, -0.25) is 23.6 Å². The summed E-state index contributed by atoms with van der Waals surface area (Å²) in [6.07, 6.45) is 0. The first kappa shape index (κ1) is 23.6. The van der Waals surface area contributed by atoms with Gasteiger partial charge in [-0.15, -0.1) is 0 Å². The number of carbonyl (C=O) groups is 2. The maximum atomic E-state index is 13.1. The minimum atomic E-state index is -0.635. The fraction of sp³-hybridized carbons (Fsp3) is 0.111. The number of nitrogens with zero attached hydrogens (tertiary/aromatic N) is 3. The lowest BCUT2D eigenvalue weighted by Crippen LogP contribution is -2.25. The topological polar surface area (TPSA) is 120 Å². The van der Waals surface area contributed by atoms with Crippen molar-refractivity contribution in [3.63, 3.8) is 0 Å².